The predicted octanol–water partition coefficient (Wildman–Crippen LogP) is 2.80. The summed E-state index contributed by atoms with van der Waals surface area (Å²) in [4.78, 5) is 14.9. The Kier molecular flexibility index (Phi) is 5.43. The van der Waals surface area contributed by atoms with Crippen LogP contribution in [-0.4, -0.2) is 44.9 Å². The van der Waals surface area contributed by atoms with Crippen LogP contribution in [0.5, 0.6) is 0 Å². The zero-order valence-corrected chi connectivity index (χ0v) is 15.5. The fourth-order valence-corrected chi connectivity index (χ4v) is 3.45. The summed E-state index contributed by atoms with van der Waals surface area (Å²) in [5.41, 5.74) is 2.07. The van der Waals surface area contributed by atoms with Crippen LogP contribution in [-0.2, 0) is 6.54 Å². The van der Waals surface area contributed by atoms with Gasteiger partial charge in [0.25, 0.3) is 5.91 Å². The van der Waals surface area contributed by atoms with Crippen molar-refractivity contribution in [3.8, 4) is 5.69 Å². The molecule has 1 N–H and O–H groups in total. The molecule has 3 aromatic rings. The van der Waals surface area contributed by atoms with E-state index in [4.69, 9.17) is 0 Å². The quantitative estimate of drug-likeness (QED) is 0.741. The maximum atomic E-state index is 13.4. The summed E-state index contributed by atoms with van der Waals surface area (Å²) in [5.74, 6) is -0.606. The molecule has 7 heteroatoms. The van der Waals surface area contributed by atoms with Crippen LogP contribution in [0.1, 0.15) is 28.9 Å². The summed E-state index contributed by atoms with van der Waals surface area (Å²) in [7, 11) is 0. The molecule has 144 valence electrons. The highest BCUT2D eigenvalue weighted by Gasteiger charge is 2.22. The molecule has 0 atom stereocenters. The molecule has 28 heavy (non-hydrogen) atoms. The molecule has 0 bridgehead atoms. The Morgan fingerprint density at radius 2 is 1.89 bits per heavy atom. The fourth-order valence-electron chi connectivity index (χ4n) is 3.45. The SMILES string of the molecule is O=C(NC1CCN(Cc2ccccc2)CC1)c1cn(-c2cccc(F)c2)nn1. The van der Waals surface area contributed by atoms with Crippen molar-refractivity contribution in [2.45, 2.75) is 25.4 Å². The Bertz CT molecular complexity index is 935. The smallest absolute Gasteiger partial charge is 0.273 e. The minimum Gasteiger partial charge on any atom is -0.348 e. The molecule has 0 saturated carbocycles. The van der Waals surface area contributed by atoms with E-state index in [0.717, 1.165) is 32.5 Å². The predicted molar refractivity (Wildman–Crippen MR) is 104 cm³/mol. The van der Waals surface area contributed by atoms with Crippen molar-refractivity contribution in [1.82, 2.24) is 25.2 Å². The number of hydrogen-bond acceptors (Lipinski definition) is 4. The van der Waals surface area contributed by atoms with E-state index in [0.29, 0.717) is 5.69 Å². The third-order valence-corrected chi connectivity index (χ3v) is 4.97. The average Bonchev–Trinajstić information content (AvgIpc) is 3.21. The summed E-state index contributed by atoms with van der Waals surface area (Å²) >= 11 is 0. The number of benzene rings is 2. The number of likely N-dealkylation sites (tertiary alicyclic amines) is 1. The molecule has 2 heterocycles. The first-order valence-corrected chi connectivity index (χ1v) is 9.43. The van der Waals surface area contributed by atoms with Crippen molar-refractivity contribution in [1.29, 1.82) is 0 Å². The molecule has 0 aliphatic carbocycles. The van der Waals surface area contributed by atoms with Gasteiger partial charge >= 0.3 is 0 Å². The summed E-state index contributed by atoms with van der Waals surface area (Å²) in [6, 6.07) is 16.5. The van der Waals surface area contributed by atoms with E-state index in [9.17, 15) is 9.18 Å². The monoisotopic (exact) mass is 379 g/mol. The van der Waals surface area contributed by atoms with Crippen molar-refractivity contribution in [3.63, 3.8) is 0 Å². The number of nitrogens with one attached hydrogen (secondary N) is 1. The molecule has 6 nitrogen and oxygen atoms in total. The molecular weight excluding hydrogens is 357 g/mol. The maximum absolute atomic E-state index is 13.4. The van der Waals surface area contributed by atoms with Crippen LogP contribution in [0.4, 0.5) is 4.39 Å². The molecule has 0 spiro atoms. The molecule has 2 aromatic carbocycles. The number of carbonyl (C=O) groups is 1. The minimum absolute atomic E-state index is 0.124. The van der Waals surface area contributed by atoms with Crippen molar-refractivity contribution in [2.75, 3.05) is 13.1 Å². The lowest BCUT2D eigenvalue weighted by atomic mass is 10.0. The number of hydrogen-bond donors (Lipinski definition) is 1. The Balaban J connectivity index is 1.30. The largest absolute Gasteiger partial charge is 0.348 e. The average molecular weight is 379 g/mol. The lowest BCUT2D eigenvalue weighted by Crippen LogP contribution is -2.44. The van der Waals surface area contributed by atoms with Gasteiger partial charge in [0.1, 0.15) is 5.82 Å². The van der Waals surface area contributed by atoms with Gasteiger partial charge in [0, 0.05) is 25.7 Å². The number of carbonyl (C=O) groups excluding carboxylic acids is 1. The lowest BCUT2D eigenvalue weighted by Gasteiger charge is -2.32. The highest BCUT2D eigenvalue weighted by molar-refractivity contribution is 5.92. The van der Waals surface area contributed by atoms with E-state index in [1.807, 2.05) is 6.07 Å². The number of rotatable bonds is 5. The van der Waals surface area contributed by atoms with Gasteiger partial charge in [-0.25, -0.2) is 9.07 Å². The highest BCUT2D eigenvalue weighted by atomic mass is 19.1. The first-order chi connectivity index (χ1) is 13.7. The van der Waals surface area contributed by atoms with E-state index >= 15 is 0 Å². The molecule has 1 saturated heterocycles. The second-order valence-electron chi connectivity index (χ2n) is 7.04. The van der Waals surface area contributed by atoms with Crippen molar-refractivity contribution in [3.05, 3.63) is 77.9 Å². The fraction of sp³-hybridized carbons (Fsp3) is 0.286. The number of aromatic nitrogens is 3. The van der Waals surface area contributed by atoms with Crippen LogP contribution in [0.3, 0.4) is 0 Å². The van der Waals surface area contributed by atoms with E-state index in [1.54, 1.807) is 12.1 Å². The van der Waals surface area contributed by atoms with Crippen LogP contribution in [0, 0.1) is 5.82 Å². The van der Waals surface area contributed by atoms with Gasteiger partial charge in [-0.3, -0.25) is 9.69 Å². The summed E-state index contributed by atoms with van der Waals surface area (Å²) < 4.78 is 14.8. The summed E-state index contributed by atoms with van der Waals surface area (Å²) in [6.45, 7) is 2.81. The second-order valence-corrected chi connectivity index (χ2v) is 7.04. The van der Waals surface area contributed by atoms with Gasteiger partial charge in [0.2, 0.25) is 0 Å². The summed E-state index contributed by atoms with van der Waals surface area (Å²) in [5, 5.41) is 10.9. The molecule has 1 aromatic heterocycles. The van der Waals surface area contributed by atoms with Crippen molar-refractivity contribution < 1.29 is 9.18 Å². The van der Waals surface area contributed by atoms with E-state index in [-0.39, 0.29) is 23.5 Å². The van der Waals surface area contributed by atoms with Gasteiger partial charge in [-0.05, 0) is 36.6 Å². The lowest BCUT2D eigenvalue weighted by molar-refractivity contribution is 0.0904. The maximum Gasteiger partial charge on any atom is 0.273 e. The molecule has 1 amide bonds. The van der Waals surface area contributed by atoms with E-state index in [1.165, 1.54) is 28.6 Å². The molecule has 1 fully saturated rings. The zero-order valence-electron chi connectivity index (χ0n) is 15.5. The van der Waals surface area contributed by atoms with Gasteiger partial charge < -0.3 is 5.32 Å². The van der Waals surface area contributed by atoms with Gasteiger partial charge in [-0.15, -0.1) is 5.10 Å². The number of halogens is 1. The van der Waals surface area contributed by atoms with Gasteiger partial charge in [-0.1, -0.05) is 41.6 Å². The van der Waals surface area contributed by atoms with Crippen LogP contribution in [0.15, 0.2) is 60.8 Å². The van der Waals surface area contributed by atoms with E-state index in [2.05, 4.69) is 44.8 Å². The third kappa shape index (κ3) is 4.43. The third-order valence-electron chi connectivity index (χ3n) is 4.97. The Morgan fingerprint density at radius 3 is 2.64 bits per heavy atom. The Labute approximate surface area is 163 Å². The first kappa shape index (κ1) is 18.3. The molecule has 1 aliphatic rings. The molecule has 4 rings (SSSR count). The Hall–Kier alpha value is -3.06. The van der Waals surface area contributed by atoms with Gasteiger partial charge in [-0.2, -0.15) is 0 Å². The normalized spacial score (nSPS) is 15.5. The number of piperidine rings is 1. The van der Waals surface area contributed by atoms with Gasteiger partial charge in [0.15, 0.2) is 5.69 Å². The second kappa shape index (κ2) is 8.31. The van der Waals surface area contributed by atoms with Crippen LogP contribution >= 0.6 is 0 Å². The van der Waals surface area contributed by atoms with Crippen molar-refractivity contribution in [2.24, 2.45) is 0 Å². The highest BCUT2D eigenvalue weighted by Crippen LogP contribution is 2.15. The van der Waals surface area contributed by atoms with Crippen molar-refractivity contribution >= 4 is 5.91 Å². The van der Waals surface area contributed by atoms with E-state index < -0.39 is 0 Å². The molecule has 0 radical (unpaired) electrons. The number of nitrogens with zero attached hydrogens (tertiary/aromatic N) is 4. The molecule has 0 unspecified atom stereocenters. The number of amides is 1. The molecule has 1 aliphatic heterocycles. The minimum atomic E-state index is -0.360. The van der Waals surface area contributed by atoms with Gasteiger partial charge in [0.05, 0.1) is 11.9 Å². The first-order valence-electron chi connectivity index (χ1n) is 9.43. The topological polar surface area (TPSA) is 63.1 Å². The molecular formula is C21H22FN5O. The Morgan fingerprint density at radius 1 is 1.11 bits per heavy atom. The summed E-state index contributed by atoms with van der Waals surface area (Å²) in [6.07, 6.45) is 3.32. The van der Waals surface area contributed by atoms with Crippen LogP contribution < -0.4 is 5.32 Å². The zero-order chi connectivity index (χ0) is 19.3. The van der Waals surface area contributed by atoms with Crippen LogP contribution in [0.25, 0.3) is 5.69 Å². The standard InChI is InChI=1S/C21H22FN5O/c22-17-7-4-8-19(13-17)27-15-20(24-25-27)21(28)23-18-9-11-26(12-10-18)14-16-5-2-1-3-6-16/h1-8,13,15,18H,9-12,14H2,(H,23,28). The van der Waals surface area contributed by atoms with Crippen LogP contribution in [0.2, 0.25) is 0 Å².